The monoisotopic (exact) mass is 178 g/mol. The van der Waals surface area contributed by atoms with Crippen molar-refractivity contribution >= 4 is 29.0 Å². The molecule has 12 heavy (non-hydrogen) atoms. The van der Waals surface area contributed by atoms with Crippen LogP contribution in [0, 0.1) is 0 Å². The highest BCUT2D eigenvalue weighted by atomic mass is 32.1. The summed E-state index contributed by atoms with van der Waals surface area (Å²) in [5.41, 5.74) is 6.67. The van der Waals surface area contributed by atoms with E-state index >= 15 is 0 Å². The first-order chi connectivity index (χ1) is 5.74. The van der Waals surface area contributed by atoms with Gasteiger partial charge < -0.3 is 5.73 Å². The Balaban J connectivity index is 3.00. The van der Waals surface area contributed by atoms with Gasteiger partial charge in [0, 0.05) is 5.56 Å². The van der Waals surface area contributed by atoms with E-state index in [1.807, 2.05) is 0 Å². The second-order valence-corrected chi connectivity index (χ2v) is 2.55. The average molecular weight is 178 g/mol. The first kappa shape index (κ1) is 8.59. The van der Waals surface area contributed by atoms with Gasteiger partial charge in [-0.15, -0.1) is 0 Å². The molecule has 0 aromatic heterocycles. The molecule has 0 aliphatic heterocycles. The van der Waals surface area contributed by atoms with Crippen LogP contribution in [0.5, 0.6) is 0 Å². The molecular formula is C8H6N2OS. The number of rotatable bonds is 2. The number of nitrogens with zero attached hydrogens (tertiary/aromatic N) is 1. The highest BCUT2D eigenvalue weighted by Gasteiger charge is 1.94. The second kappa shape index (κ2) is 3.76. The summed E-state index contributed by atoms with van der Waals surface area (Å²) in [6.07, 6.45) is 1.44. The first-order valence-electron chi connectivity index (χ1n) is 3.22. The molecule has 1 rings (SSSR count). The molecule has 0 heterocycles. The van der Waals surface area contributed by atoms with Gasteiger partial charge in [-0.1, -0.05) is 12.2 Å². The van der Waals surface area contributed by atoms with E-state index in [1.165, 1.54) is 6.08 Å². The molecule has 1 aromatic carbocycles. The van der Waals surface area contributed by atoms with Gasteiger partial charge in [0.1, 0.15) is 4.99 Å². The lowest BCUT2D eigenvalue weighted by molar-refractivity contribution is 0.565. The Morgan fingerprint density at radius 1 is 1.42 bits per heavy atom. The number of hydrogen-bond donors (Lipinski definition) is 1. The fraction of sp³-hybridized carbons (Fsp3) is 0. The number of hydrogen-bond acceptors (Lipinski definition) is 3. The lowest BCUT2D eigenvalue weighted by atomic mass is 10.2. The van der Waals surface area contributed by atoms with E-state index in [0.29, 0.717) is 10.7 Å². The second-order valence-electron chi connectivity index (χ2n) is 2.11. The van der Waals surface area contributed by atoms with Crippen molar-refractivity contribution in [3.63, 3.8) is 0 Å². The maximum absolute atomic E-state index is 9.85. The lowest BCUT2D eigenvalue weighted by Crippen LogP contribution is -2.08. The van der Waals surface area contributed by atoms with Crippen molar-refractivity contribution in [2.75, 3.05) is 0 Å². The van der Waals surface area contributed by atoms with Crippen molar-refractivity contribution in [1.82, 2.24) is 0 Å². The summed E-state index contributed by atoms with van der Waals surface area (Å²) in [6.45, 7) is 0. The van der Waals surface area contributed by atoms with E-state index in [0.717, 1.165) is 5.56 Å². The van der Waals surface area contributed by atoms with Crippen LogP contribution >= 0.6 is 12.2 Å². The summed E-state index contributed by atoms with van der Waals surface area (Å²) in [7, 11) is 0. The van der Waals surface area contributed by atoms with Crippen molar-refractivity contribution < 1.29 is 4.79 Å². The maximum Gasteiger partial charge on any atom is 0.240 e. The predicted octanol–water partition coefficient (Wildman–Crippen LogP) is 1.29. The number of benzene rings is 1. The van der Waals surface area contributed by atoms with Crippen molar-refractivity contribution in [3.8, 4) is 0 Å². The largest absolute Gasteiger partial charge is 0.389 e. The topological polar surface area (TPSA) is 55.4 Å². The number of thiocarbonyl (C=S) groups is 1. The molecule has 0 saturated carbocycles. The van der Waals surface area contributed by atoms with E-state index in [-0.39, 0.29) is 0 Å². The van der Waals surface area contributed by atoms with Gasteiger partial charge in [0.2, 0.25) is 6.08 Å². The molecule has 0 bridgehead atoms. The predicted molar refractivity (Wildman–Crippen MR) is 50.1 cm³/mol. The normalized spacial score (nSPS) is 8.67. The van der Waals surface area contributed by atoms with Crippen LogP contribution in [0.3, 0.4) is 0 Å². The summed E-state index contributed by atoms with van der Waals surface area (Å²) < 4.78 is 0. The summed E-state index contributed by atoms with van der Waals surface area (Å²) in [6, 6.07) is 6.72. The van der Waals surface area contributed by atoms with Gasteiger partial charge in [0.05, 0.1) is 5.69 Å². The molecule has 0 amide bonds. The van der Waals surface area contributed by atoms with Crippen molar-refractivity contribution in [3.05, 3.63) is 29.8 Å². The summed E-state index contributed by atoms with van der Waals surface area (Å²) in [4.78, 5) is 13.6. The van der Waals surface area contributed by atoms with E-state index in [9.17, 15) is 4.79 Å². The lowest BCUT2D eigenvalue weighted by Gasteiger charge is -1.96. The third-order valence-corrected chi connectivity index (χ3v) is 1.56. The van der Waals surface area contributed by atoms with Crippen molar-refractivity contribution in [2.24, 2.45) is 10.7 Å². The van der Waals surface area contributed by atoms with E-state index < -0.39 is 0 Å². The van der Waals surface area contributed by atoms with Gasteiger partial charge in [-0.25, -0.2) is 4.79 Å². The zero-order chi connectivity index (χ0) is 8.97. The fourth-order valence-electron chi connectivity index (χ4n) is 0.753. The van der Waals surface area contributed by atoms with Crippen LogP contribution in [-0.4, -0.2) is 11.1 Å². The van der Waals surface area contributed by atoms with E-state index in [4.69, 9.17) is 18.0 Å². The average Bonchev–Trinajstić information content (AvgIpc) is 2.06. The standard InChI is InChI=1S/C8H6N2OS/c9-8(12)6-1-3-7(4-2-6)10-5-11/h1-4H,(H2,9,12). The number of aliphatic imine (C=N–C) groups is 1. The summed E-state index contributed by atoms with van der Waals surface area (Å²) in [5, 5.41) is 0. The molecule has 60 valence electrons. The fourth-order valence-corrected chi connectivity index (χ4v) is 0.889. The van der Waals surface area contributed by atoms with Gasteiger partial charge in [-0.05, 0) is 24.3 Å². The Bertz CT molecular complexity index is 318. The SMILES string of the molecule is NC(=S)c1ccc(N=C=O)cc1. The molecule has 0 aliphatic rings. The Morgan fingerprint density at radius 3 is 2.42 bits per heavy atom. The third kappa shape index (κ3) is 1.99. The van der Waals surface area contributed by atoms with Gasteiger partial charge in [0.25, 0.3) is 0 Å². The zero-order valence-corrected chi connectivity index (χ0v) is 6.97. The van der Waals surface area contributed by atoms with Gasteiger partial charge >= 0.3 is 0 Å². The number of isocyanates is 1. The Morgan fingerprint density at radius 2 is 2.00 bits per heavy atom. The summed E-state index contributed by atoms with van der Waals surface area (Å²) in [5.74, 6) is 0. The van der Waals surface area contributed by atoms with Crippen LogP contribution in [0.25, 0.3) is 0 Å². The Kier molecular flexibility index (Phi) is 2.69. The smallest absolute Gasteiger partial charge is 0.240 e. The minimum Gasteiger partial charge on any atom is -0.389 e. The molecule has 0 radical (unpaired) electrons. The molecule has 4 heteroatoms. The summed E-state index contributed by atoms with van der Waals surface area (Å²) >= 11 is 4.74. The van der Waals surface area contributed by atoms with Crippen LogP contribution in [0.15, 0.2) is 29.3 Å². The molecule has 0 atom stereocenters. The maximum atomic E-state index is 9.85. The minimum atomic E-state index is 0.330. The molecule has 0 aliphatic carbocycles. The van der Waals surface area contributed by atoms with Gasteiger partial charge in [-0.2, -0.15) is 4.99 Å². The van der Waals surface area contributed by atoms with Crippen LogP contribution < -0.4 is 5.73 Å². The molecular weight excluding hydrogens is 172 g/mol. The quantitative estimate of drug-likeness (QED) is 0.421. The van der Waals surface area contributed by atoms with E-state index in [1.54, 1.807) is 24.3 Å². The van der Waals surface area contributed by atoms with Crippen LogP contribution in [-0.2, 0) is 4.79 Å². The molecule has 0 spiro atoms. The highest BCUT2D eigenvalue weighted by Crippen LogP contribution is 2.11. The molecule has 0 unspecified atom stereocenters. The molecule has 0 fully saturated rings. The molecule has 3 nitrogen and oxygen atoms in total. The minimum absolute atomic E-state index is 0.330. The van der Waals surface area contributed by atoms with Crippen LogP contribution in [0.2, 0.25) is 0 Å². The van der Waals surface area contributed by atoms with Crippen LogP contribution in [0.1, 0.15) is 5.56 Å². The van der Waals surface area contributed by atoms with Crippen LogP contribution in [0.4, 0.5) is 5.69 Å². The van der Waals surface area contributed by atoms with Crippen molar-refractivity contribution in [1.29, 1.82) is 0 Å². The molecule has 0 saturated heterocycles. The molecule has 1 aromatic rings. The Labute approximate surface area is 74.9 Å². The first-order valence-corrected chi connectivity index (χ1v) is 3.62. The Hall–Kier alpha value is -1.51. The molecule has 2 N–H and O–H groups in total. The third-order valence-electron chi connectivity index (χ3n) is 1.33. The van der Waals surface area contributed by atoms with E-state index in [2.05, 4.69) is 4.99 Å². The number of carbonyl (C=O) groups excluding carboxylic acids is 1. The van der Waals surface area contributed by atoms with Crippen molar-refractivity contribution in [2.45, 2.75) is 0 Å². The van der Waals surface area contributed by atoms with Gasteiger partial charge in [0.15, 0.2) is 0 Å². The number of nitrogens with two attached hydrogens (primary N) is 1. The zero-order valence-electron chi connectivity index (χ0n) is 6.15. The highest BCUT2D eigenvalue weighted by molar-refractivity contribution is 7.80. The van der Waals surface area contributed by atoms with Gasteiger partial charge in [-0.3, -0.25) is 0 Å².